The molecule has 1 atom stereocenters. The predicted octanol–water partition coefficient (Wildman–Crippen LogP) is 5.02. The Bertz CT molecular complexity index is 1730. The average Bonchev–Trinajstić information content (AvgIpc) is 3.04. The van der Waals surface area contributed by atoms with Gasteiger partial charge in [0.15, 0.2) is 0 Å². The molecule has 0 bridgehead atoms. The second-order valence-electron chi connectivity index (χ2n) is 10.5. The maximum absolute atomic E-state index is 13.6. The lowest BCUT2D eigenvalue weighted by molar-refractivity contribution is -0.150. The number of benzene rings is 3. The highest BCUT2D eigenvalue weighted by Crippen LogP contribution is 2.21. The number of carbonyl (C=O) groups excluding carboxylic acids is 4. The van der Waals surface area contributed by atoms with E-state index in [1.54, 1.807) is 12.1 Å². The standard InChI is InChI=1S/C35H34ClN3O6S/c1-24(40)37-32(21-29(41)23-46-22-27-14-8-9-15-30(27)36)35(44)45-39-28(20-26-12-6-3-7-13-26)17-18-31(34(39)43)38-33(42)19-16-25-10-4-2-5-11-25/h2-15,17-18,32H,16,19-23H2,1H3,(H,37,40)(H,38,42). The number of nitrogens with zero attached hydrogens (tertiary/aromatic N) is 1. The molecular weight excluding hydrogens is 626 g/mol. The van der Waals surface area contributed by atoms with Crippen LogP contribution in [0, 0.1) is 0 Å². The number of rotatable bonds is 15. The number of nitrogens with one attached hydrogen (secondary N) is 2. The highest BCUT2D eigenvalue weighted by Gasteiger charge is 2.27. The average molecular weight is 660 g/mol. The quantitative estimate of drug-likeness (QED) is 0.184. The summed E-state index contributed by atoms with van der Waals surface area (Å²) in [7, 11) is 0. The monoisotopic (exact) mass is 659 g/mol. The Morgan fingerprint density at radius 1 is 0.870 bits per heavy atom. The van der Waals surface area contributed by atoms with Crippen molar-refractivity contribution in [3.8, 4) is 0 Å². The molecule has 0 aliphatic heterocycles. The lowest BCUT2D eigenvalue weighted by Crippen LogP contribution is -2.47. The van der Waals surface area contributed by atoms with Gasteiger partial charge in [-0.15, -0.1) is 16.5 Å². The van der Waals surface area contributed by atoms with Gasteiger partial charge in [-0.05, 0) is 41.3 Å². The Morgan fingerprint density at radius 3 is 2.20 bits per heavy atom. The molecular formula is C35H34ClN3O6S. The number of aromatic nitrogens is 1. The Morgan fingerprint density at radius 2 is 1.52 bits per heavy atom. The fraction of sp³-hybridized carbons (Fsp3) is 0.229. The summed E-state index contributed by atoms with van der Waals surface area (Å²) in [5.74, 6) is -1.67. The van der Waals surface area contributed by atoms with E-state index in [0.717, 1.165) is 21.4 Å². The number of hydrogen-bond acceptors (Lipinski definition) is 7. The molecule has 0 spiro atoms. The first-order valence-electron chi connectivity index (χ1n) is 14.6. The van der Waals surface area contributed by atoms with Crippen LogP contribution in [-0.2, 0) is 37.8 Å². The molecule has 1 unspecified atom stereocenters. The minimum Gasteiger partial charge on any atom is -0.343 e. The van der Waals surface area contributed by atoms with E-state index in [-0.39, 0.29) is 42.4 Å². The van der Waals surface area contributed by atoms with Gasteiger partial charge in [-0.1, -0.05) is 90.5 Å². The van der Waals surface area contributed by atoms with Crippen molar-refractivity contribution in [2.45, 2.75) is 44.4 Å². The molecule has 0 radical (unpaired) electrons. The number of aryl methyl sites for hydroxylation is 1. The van der Waals surface area contributed by atoms with Gasteiger partial charge in [0.2, 0.25) is 11.8 Å². The normalized spacial score (nSPS) is 11.3. The zero-order valence-electron chi connectivity index (χ0n) is 25.2. The molecule has 9 nitrogen and oxygen atoms in total. The third-order valence-electron chi connectivity index (χ3n) is 6.86. The van der Waals surface area contributed by atoms with Crippen LogP contribution in [-0.4, -0.2) is 40.1 Å². The Labute approximate surface area is 276 Å². The van der Waals surface area contributed by atoms with Crippen LogP contribution in [0.25, 0.3) is 0 Å². The van der Waals surface area contributed by atoms with Crippen molar-refractivity contribution < 1.29 is 24.0 Å². The molecule has 46 heavy (non-hydrogen) atoms. The summed E-state index contributed by atoms with van der Waals surface area (Å²) >= 11 is 7.53. The van der Waals surface area contributed by atoms with Crippen LogP contribution in [0.4, 0.5) is 5.69 Å². The molecule has 0 saturated heterocycles. The molecule has 4 aromatic rings. The summed E-state index contributed by atoms with van der Waals surface area (Å²) in [5, 5.41) is 5.68. The number of halogens is 1. The van der Waals surface area contributed by atoms with E-state index in [1.807, 2.05) is 78.9 Å². The van der Waals surface area contributed by atoms with Crippen LogP contribution < -0.4 is 21.0 Å². The second kappa shape index (κ2) is 17.1. The lowest BCUT2D eigenvalue weighted by Gasteiger charge is -2.19. The molecule has 2 N–H and O–H groups in total. The minimum absolute atomic E-state index is 0.0677. The van der Waals surface area contributed by atoms with Gasteiger partial charge in [0.25, 0.3) is 0 Å². The van der Waals surface area contributed by atoms with E-state index in [9.17, 15) is 24.0 Å². The van der Waals surface area contributed by atoms with Crippen molar-refractivity contribution in [3.05, 3.63) is 135 Å². The first kappa shape index (κ1) is 34.2. The summed E-state index contributed by atoms with van der Waals surface area (Å²) in [5.41, 5.74) is 2.18. The topological polar surface area (TPSA) is 124 Å². The van der Waals surface area contributed by atoms with Crippen molar-refractivity contribution in [1.29, 1.82) is 0 Å². The number of ketones is 1. The molecule has 1 aromatic heterocycles. The fourth-order valence-corrected chi connectivity index (χ4v) is 5.77. The highest BCUT2D eigenvalue weighted by atomic mass is 35.5. The molecule has 3 aromatic carbocycles. The second-order valence-corrected chi connectivity index (χ2v) is 11.9. The van der Waals surface area contributed by atoms with E-state index in [1.165, 1.54) is 24.8 Å². The number of anilines is 1. The number of pyridine rings is 1. The summed E-state index contributed by atoms with van der Waals surface area (Å²) in [6.07, 6.45) is 0.502. The van der Waals surface area contributed by atoms with Crippen molar-refractivity contribution in [2.24, 2.45) is 0 Å². The van der Waals surface area contributed by atoms with Crippen LogP contribution in [0.5, 0.6) is 0 Å². The Hall–Kier alpha value is -4.67. The minimum atomic E-state index is -1.34. The number of carbonyl (C=O) groups is 4. The summed E-state index contributed by atoms with van der Waals surface area (Å²) in [6.45, 7) is 1.22. The van der Waals surface area contributed by atoms with E-state index < -0.39 is 23.5 Å². The van der Waals surface area contributed by atoms with E-state index in [0.29, 0.717) is 22.9 Å². The van der Waals surface area contributed by atoms with Gasteiger partial charge < -0.3 is 15.5 Å². The molecule has 0 aliphatic carbocycles. The third kappa shape index (κ3) is 10.5. The summed E-state index contributed by atoms with van der Waals surface area (Å²) < 4.78 is 0.813. The smallest absolute Gasteiger partial charge is 0.343 e. The first-order chi connectivity index (χ1) is 22.2. The van der Waals surface area contributed by atoms with Crippen molar-refractivity contribution in [3.63, 3.8) is 0 Å². The van der Waals surface area contributed by atoms with E-state index in [4.69, 9.17) is 16.4 Å². The fourth-order valence-electron chi connectivity index (χ4n) is 4.57. The number of hydrogen-bond donors (Lipinski definition) is 2. The van der Waals surface area contributed by atoms with Crippen molar-refractivity contribution in [1.82, 2.24) is 10.0 Å². The summed E-state index contributed by atoms with van der Waals surface area (Å²) in [4.78, 5) is 70.1. The van der Waals surface area contributed by atoms with Gasteiger partial charge in [-0.2, -0.15) is 0 Å². The van der Waals surface area contributed by atoms with Crippen molar-refractivity contribution >= 4 is 52.6 Å². The largest absolute Gasteiger partial charge is 0.355 e. The molecule has 0 fully saturated rings. The maximum atomic E-state index is 13.6. The number of thioether (sulfide) groups is 1. The zero-order chi connectivity index (χ0) is 32.9. The molecule has 0 aliphatic rings. The zero-order valence-corrected chi connectivity index (χ0v) is 26.8. The van der Waals surface area contributed by atoms with Crippen LogP contribution in [0.3, 0.4) is 0 Å². The molecule has 1 heterocycles. The summed E-state index contributed by atoms with van der Waals surface area (Å²) in [6, 6.07) is 27.7. The predicted molar refractivity (Wildman–Crippen MR) is 180 cm³/mol. The van der Waals surface area contributed by atoms with E-state index >= 15 is 0 Å². The van der Waals surface area contributed by atoms with Gasteiger partial charge in [0.1, 0.15) is 17.5 Å². The first-order valence-corrected chi connectivity index (χ1v) is 16.2. The SMILES string of the molecule is CC(=O)NC(CC(=O)CSCc1ccccc1Cl)C(=O)On1c(Cc2ccccc2)ccc(NC(=O)CCc2ccccc2)c1=O. The third-order valence-corrected chi connectivity index (χ3v) is 8.27. The van der Waals surface area contributed by atoms with Gasteiger partial charge >= 0.3 is 11.5 Å². The van der Waals surface area contributed by atoms with Crippen LogP contribution in [0.1, 0.15) is 42.1 Å². The molecule has 2 amide bonds. The lowest BCUT2D eigenvalue weighted by atomic mass is 10.1. The van der Waals surface area contributed by atoms with Gasteiger partial charge in [0, 0.05) is 37.0 Å². The van der Waals surface area contributed by atoms with Gasteiger partial charge in [0.05, 0.1) is 11.4 Å². The van der Waals surface area contributed by atoms with Crippen LogP contribution >= 0.6 is 23.4 Å². The molecule has 0 saturated carbocycles. The van der Waals surface area contributed by atoms with Crippen LogP contribution in [0.2, 0.25) is 5.02 Å². The van der Waals surface area contributed by atoms with Gasteiger partial charge in [-0.25, -0.2) is 4.79 Å². The van der Waals surface area contributed by atoms with E-state index in [2.05, 4.69) is 10.6 Å². The van der Waals surface area contributed by atoms with Gasteiger partial charge in [-0.3, -0.25) is 19.2 Å². The number of Topliss-reactive ketones (excluding diaryl/α,β-unsaturated/α-hetero) is 1. The number of amides is 2. The molecule has 4 rings (SSSR count). The molecule has 238 valence electrons. The Kier molecular flexibility index (Phi) is 12.7. The Balaban J connectivity index is 1.50. The molecule has 11 heteroatoms. The van der Waals surface area contributed by atoms with Crippen molar-refractivity contribution in [2.75, 3.05) is 11.1 Å². The van der Waals surface area contributed by atoms with Crippen LogP contribution in [0.15, 0.2) is 102 Å². The highest BCUT2D eigenvalue weighted by molar-refractivity contribution is 7.99. The maximum Gasteiger partial charge on any atom is 0.355 e.